The van der Waals surface area contributed by atoms with E-state index in [1.54, 1.807) is 13.0 Å². The summed E-state index contributed by atoms with van der Waals surface area (Å²) in [6.45, 7) is 7.61. The zero-order chi connectivity index (χ0) is 20.8. The molecule has 0 saturated carbocycles. The lowest BCUT2D eigenvalue weighted by molar-refractivity contribution is -0.140. The number of nitrogens with zero attached hydrogens (tertiary/aromatic N) is 1. The average molecular weight is 405 g/mol. The van der Waals surface area contributed by atoms with Gasteiger partial charge in [-0.05, 0) is 45.4 Å². The van der Waals surface area contributed by atoms with Gasteiger partial charge in [-0.25, -0.2) is 4.39 Å². The molecule has 2 amide bonds. The van der Waals surface area contributed by atoms with Gasteiger partial charge in [0, 0.05) is 23.2 Å². The topological polar surface area (TPSA) is 49.4 Å². The number of amides is 2. The molecule has 0 radical (unpaired) electrons. The van der Waals surface area contributed by atoms with Crippen LogP contribution in [-0.4, -0.2) is 28.8 Å². The summed E-state index contributed by atoms with van der Waals surface area (Å²) in [5, 5.41) is 3.02. The van der Waals surface area contributed by atoms with Crippen LogP contribution in [0.5, 0.6) is 0 Å². The quantitative estimate of drug-likeness (QED) is 0.749. The van der Waals surface area contributed by atoms with Crippen LogP contribution >= 0.6 is 11.6 Å². The Labute approximate surface area is 170 Å². The van der Waals surface area contributed by atoms with E-state index < -0.39 is 11.9 Å². The molecular weight excluding hydrogens is 379 g/mol. The number of benzene rings is 2. The molecule has 0 aromatic heterocycles. The van der Waals surface area contributed by atoms with E-state index in [0.29, 0.717) is 0 Å². The van der Waals surface area contributed by atoms with E-state index in [9.17, 15) is 14.0 Å². The highest BCUT2D eigenvalue weighted by molar-refractivity contribution is 6.31. The van der Waals surface area contributed by atoms with E-state index in [-0.39, 0.29) is 41.4 Å². The van der Waals surface area contributed by atoms with Crippen molar-refractivity contribution in [2.24, 2.45) is 0 Å². The minimum absolute atomic E-state index is 0.0488. The summed E-state index contributed by atoms with van der Waals surface area (Å²) in [5.74, 6) is -1.15. The summed E-state index contributed by atoms with van der Waals surface area (Å²) in [6, 6.07) is 11.3. The minimum Gasteiger partial charge on any atom is -0.352 e. The van der Waals surface area contributed by atoms with E-state index in [0.717, 1.165) is 11.1 Å². The number of hydrogen-bond donors (Lipinski definition) is 1. The summed E-state index contributed by atoms with van der Waals surface area (Å²) in [4.78, 5) is 27.0. The van der Waals surface area contributed by atoms with Crippen LogP contribution in [0.1, 0.15) is 37.5 Å². The Kier molecular flexibility index (Phi) is 7.58. The highest BCUT2D eigenvalue weighted by Crippen LogP contribution is 2.21. The smallest absolute Gasteiger partial charge is 0.242 e. The van der Waals surface area contributed by atoms with Gasteiger partial charge in [-0.3, -0.25) is 9.59 Å². The van der Waals surface area contributed by atoms with Crippen molar-refractivity contribution in [1.82, 2.24) is 10.2 Å². The Morgan fingerprint density at radius 1 is 1.11 bits per heavy atom. The Bertz CT molecular complexity index is 817. The predicted octanol–water partition coefficient (Wildman–Crippen LogP) is 4.27. The summed E-state index contributed by atoms with van der Waals surface area (Å²) >= 11 is 6.08. The molecule has 0 heterocycles. The highest BCUT2D eigenvalue weighted by atomic mass is 35.5. The Hall–Kier alpha value is -2.40. The molecule has 1 atom stereocenters. The standard InChI is InChI=1S/C22H26ClFN2O2/c1-14(2)25-22(28)16(4)26(13-17-10-8-15(3)9-11-17)21(27)12-18-19(23)6-5-7-20(18)24/h5-11,14,16H,12-13H2,1-4H3,(H,25,28)/t16-/m0/s1. The van der Waals surface area contributed by atoms with Crippen molar-refractivity contribution in [1.29, 1.82) is 0 Å². The number of rotatable bonds is 7. The van der Waals surface area contributed by atoms with Crippen LogP contribution in [0.3, 0.4) is 0 Å². The fourth-order valence-corrected chi connectivity index (χ4v) is 3.06. The first-order chi connectivity index (χ1) is 13.2. The van der Waals surface area contributed by atoms with E-state index in [4.69, 9.17) is 11.6 Å². The zero-order valence-electron chi connectivity index (χ0n) is 16.6. The molecule has 2 aromatic carbocycles. The van der Waals surface area contributed by atoms with Crippen LogP contribution in [0.25, 0.3) is 0 Å². The number of hydrogen-bond acceptors (Lipinski definition) is 2. The number of carbonyl (C=O) groups excluding carboxylic acids is 2. The van der Waals surface area contributed by atoms with Crippen LogP contribution < -0.4 is 5.32 Å². The van der Waals surface area contributed by atoms with E-state index in [1.165, 1.54) is 17.0 Å². The maximum absolute atomic E-state index is 14.1. The molecule has 0 spiro atoms. The van der Waals surface area contributed by atoms with Gasteiger partial charge in [0.1, 0.15) is 11.9 Å². The van der Waals surface area contributed by atoms with Crippen molar-refractivity contribution in [2.75, 3.05) is 0 Å². The van der Waals surface area contributed by atoms with Gasteiger partial charge in [0.05, 0.1) is 6.42 Å². The van der Waals surface area contributed by atoms with Gasteiger partial charge in [0.15, 0.2) is 0 Å². The van der Waals surface area contributed by atoms with Crippen molar-refractivity contribution in [3.8, 4) is 0 Å². The molecule has 1 N–H and O–H groups in total. The van der Waals surface area contributed by atoms with Crippen molar-refractivity contribution in [2.45, 2.75) is 52.7 Å². The maximum atomic E-state index is 14.1. The van der Waals surface area contributed by atoms with E-state index >= 15 is 0 Å². The number of carbonyl (C=O) groups is 2. The molecule has 6 heteroatoms. The average Bonchev–Trinajstić information content (AvgIpc) is 2.63. The lowest BCUT2D eigenvalue weighted by atomic mass is 10.1. The molecule has 0 aliphatic heterocycles. The number of halogens is 2. The van der Waals surface area contributed by atoms with Crippen molar-refractivity contribution < 1.29 is 14.0 Å². The molecule has 28 heavy (non-hydrogen) atoms. The Morgan fingerprint density at radius 2 is 1.75 bits per heavy atom. The van der Waals surface area contributed by atoms with E-state index in [1.807, 2.05) is 45.0 Å². The van der Waals surface area contributed by atoms with Crippen LogP contribution in [-0.2, 0) is 22.6 Å². The van der Waals surface area contributed by atoms with Gasteiger partial charge in [-0.1, -0.05) is 47.5 Å². The second kappa shape index (κ2) is 9.69. The van der Waals surface area contributed by atoms with Gasteiger partial charge < -0.3 is 10.2 Å². The molecule has 4 nitrogen and oxygen atoms in total. The minimum atomic E-state index is -0.707. The fraction of sp³-hybridized carbons (Fsp3) is 0.364. The molecule has 0 aliphatic rings. The summed E-state index contributed by atoms with van der Waals surface area (Å²) in [6.07, 6.45) is -0.212. The van der Waals surface area contributed by atoms with Gasteiger partial charge in [0.25, 0.3) is 0 Å². The monoisotopic (exact) mass is 404 g/mol. The molecule has 150 valence electrons. The number of nitrogens with one attached hydrogen (secondary N) is 1. The molecule has 0 bridgehead atoms. The third-order valence-electron chi connectivity index (χ3n) is 4.46. The lowest BCUT2D eigenvalue weighted by Gasteiger charge is -2.29. The van der Waals surface area contributed by atoms with Gasteiger partial charge in [0.2, 0.25) is 11.8 Å². The van der Waals surface area contributed by atoms with Gasteiger partial charge in [-0.15, -0.1) is 0 Å². The molecule has 2 aromatic rings. The Morgan fingerprint density at radius 3 is 2.32 bits per heavy atom. The number of aryl methyl sites for hydroxylation is 1. The third kappa shape index (κ3) is 5.80. The van der Waals surface area contributed by atoms with Crippen molar-refractivity contribution >= 4 is 23.4 Å². The molecule has 2 rings (SSSR count). The van der Waals surface area contributed by atoms with Crippen LogP contribution in [0.2, 0.25) is 5.02 Å². The van der Waals surface area contributed by atoms with Gasteiger partial charge >= 0.3 is 0 Å². The second-order valence-electron chi connectivity index (χ2n) is 7.22. The molecule has 0 aliphatic carbocycles. The molecule has 0 unspecified atom stereocenters. The normalized spacial score (nSPS) is 12.0. The molecule has 0 saturated heterocycles. The Balaban J connectivity index is 2.29. The second-order valence-corrected chi connectivity index (χ2v) is 7.63. The van der Waals surface area contributed by atoms with Crippen LogP contribution in [0, 0.1) is 12.7 Å². The first-order valence-corrected chi connectivity index (χ1v) is 9.65. The van der Waals surface area contributed by atoms with Crippen molar-refractivity contribution in [3.63, 3.8) is 0 Å². The van der Waals surface area contributed by atoms with Gasteiger partial charge in [-0.2, -0.15) is 0 Å². The highest BCUT2D eigenvalue weighted by Gasteiger charge is 2.27. The zero-order valence-corrected chi connectivity index (χ0v) is 17.4. The fourth-order valence-electron chi connectivity index (χ4n) is 2.83. The molecule has 0 fully saturated rings. The summed E-state index contributed by atoms with van der Waals surface area (Å²) < 4.78 is 14.1. The van der Waals surface area contributed by atoms with Crippen LogP contribution in [0.4, 0.5) is 4.39 Å². The predicted molar refractivity (Wildman–Crippen MR) is 110 cm³/mol. The van der Waals surface area contributed by atoms with E-state index in [2.05, 4.69) is 5.32 Å². The maximum Gasteiger partial charge on any atom is 0.242 e. The summed E-state index contributed by atoms with van der Waals surface area (Å²) in [5.41, 5.74) is 2.13. The van der Waals surface area contributed by atoms with Crippen LogP contribution in [0.15, 0.2) is 42.5 Å². The lowest BCUT2D eigenvalue weighted by Crippen LogP contribution is -2.49. The first-order valence-electron chi connectivity index (χ1n) is 9.27. The summed E-state index contributed by atoms with van der Waals surface area (Å²) in [7, 11) is 0. The SMILES string of the molecule is Cc1ccc(CN(C(=O)Cc2c(F)cccc2Cl)[C@@H](C)C(=O)NC(C)C)cc1. The van der Waals surface area contributed by atoms with Crippen molar-refractivity contribution in [3.05, 3.63) is 70.0 Å². The third-order valence-corrected chi connectivity index (χ3v) is 4.82. The molecular formula is C22H26ClFN2O2. The first kappa shape index (κ1) is 21.9. The largest absolute Gasteiger partial charge is 0.352 e.